The van der Waals surface area contributed by atoms with Crippen molar-refractivity contribution in [1.29, 1.82) is 0 Å². The molecule has 0 spiro atoms. The number of carbonyl (C=O) groups is 1. The Morgan fingerprint density at radius 3 is 2.27 bits per heavy atom. The minimum atomic E-state index is -3.94. The van der Waals surface area contributed by atoms with Gasteiger partial charge in [-0.15, -0.1) is 0 Å². The van der Waals surface area contributed by atoms with E-state index in [4.69, 9.17) is 14.2 Å². The first-order valence-electron chi connectivity index (χ1n) is 12.5. The lowest BCUT2D eigenvalue weighted by molar-refractivity contribution is -0.137. The first kappa shape index (κ1) is 26.5. The van der Waals surface area contributed by atoms with E-state index in [9.17, 15) is 18.3 Å². The van der Waals surface area contributed by atoms with E-state index >= 15 is 0 Å². The van der Waals surface area contributed by atoms with Crippen LogP contribution >= 0.6 is 0 Å². The zero-order chi connectivity index (χ0) is 26.3. The number of carboxylic acid groups (broad SMARTS) is 1. The van der Waals surface area contributed by atoms with Crippen LogP contribution in [0.15, 0.2) is 77.7 Å². The Morgan fingerprint density at radius 2 is 1.62 bits per heavy atom. The summed E-state index contributed by atoms with van der Waals surface area (Å²) in [4.78, 5) is 11.6. The van der Waals surface area contributed by atoms with Gasteiger partial charge < -0.3 is 19.3 Å². The van der Waals surface area contributed by atoms with Crippen molar-refractivity contribution in [3.8, 4) is 23.0 Å². The zero-order valence-corrected chi connectivity index (χ0v) is 21.7. The van der Waals surface area contributed by atoms with Gasteiger partial charge in [0, 0.05) is 6.07 Å². The van der Waals surface area contributed by atoms with Crippen molar-refractivity contribution in [3.63, 3.8) is 0 Å². The summed E-state index contributed by atoms with van der Waals surface area (Å²) in [6, 6.07) is 21.3. The summed E-state index contributed by atoms with van der Waals surface area (Å²) < 4.78 is 44.4. The number of methoxy groups -OCH3 is 1. The first-order valence-corrected chi connectivity index (χ1v) is 14.0. The van der Waals surface area contributed by atoms with E-state index in [2.05, 4.69) is 0 Å². The normalized spacial score (nSPS) is 14.7. The maximum Gasteiger partial charge on any atom is 0.304 e. The van der Waals surface area contributed by atoms with E-state index in [1.165, 1.54) is 19.2 Å². The maximum absolute atomic E-state index is 13.6. The van der Waals surface area contributed by atoms with Crippen LogP contribution in [0.2, 0.25) is 0 Å². The predicted molar refractivity (Wildman–Crippen MR) is 140 cm³/mol. The Morgan fingerprint density at radius 1 is 0.946 bits per heavy atom. The highest BCUT2D eigenvalue weighted by molar-refractivity contribution is 7.92. The number of hydrogen-bond acceptors (Lipinski definition) is 6. The molecule has 4 rings (SSSR count). The van der Waals surface area contributed by atoms with Crippen LogP contribution in [0.1, 0.15) is 44.1 Å². The topological polar surface area (TPSA) is 99.1 Å². The summed E-state index contributed by atoms with van der Waals surface area (Å²) in [7, 11) is -2.43. The van der Waals surface area contributed by atoms with Gasteiger partial charge in [-0.3, -0.25) is 4.79 Å². The monoisotopic (exact) mass is 524 g/mol. The number of carboxylic acids is 1. The van der Waals surface area contributed by atoms with Gasteiger partial charge in [-0.2, -0.15) is 0 Å². The van der Waals surface area contributed by atoms with Gasteiger partial charge in [0.05, 0.1) is 29.8 Å². The van der Waals surface area contributed by atoms with Gasteiger partial charge in [0.25, 0.3) is 0 Å². The molecular weight excluding hydrogens is 492 g/mol. The molecule has 196 valence electrons. The maximum atomic E-state index is 13.6. The lowest BCUT2D eigenvalue weighted by atomic mass is 10.1. The van der Waals surface area contributed by atoms with Gasteiger partial charge in [-0.25, -0.2) is 8.42 Å². The number of sulfone groups is 1. The molecule has 1 saturated carbocycles. The van der Waals surface area contributed by atoms with Gasteiger partial charge in [0.1, 0.15) is 11.5 Å². The second-order valence-corrected chi connectivity index (χ2v) is 11.4. The Hall–Kier alpha value is -3.52. The molecule has 0 aliphatic heterocycles. The van der Waals surface area contributed by atoms with E-state index in [1.54, 1.807) is 6.07 Å². The molecule has 1 aliphatic rings. The van der Waals surface area contributed by atoms with Crippen LogP contribution in [0.4, 0.5) is 0 Å². The van der Waals surface area contributed by atoms with Crippen molar-refractivity contribution in [3.05, 3.63) is 78.4 Å². The minimum absolute atomic E-state index is 0.0236. The summed E-state index contributed by atoms with van der Waals surface area (Å²) in [5.74, 6) is 1.06. The molecule has 1 fully saturated rings. The van der Waals surface area contributed by atoms with Crippen LogP contribution < -0.4 is 14.2 Å². The summed E-state index contributed by atoms with van der Waals surface area (Å²) in [5, 5.41) is 8.38. The highest BCUT2D eigenvalue weighted by atomic mass is 32.2. The van der Waals surface area contributed by atoms with E-state index in [0.717, 1.165) is 37.0 Å². The highest BCUT2D eigenvalue weighted by Crippen LogP contribution is 2.35. The van der Waals surface area contributed by atoms with Crippen molar-refractivity contribution < 1.29 is 32.5 Å². The van der Waals surface area contributed by atoms with Gasteiger partial charge in [-0.05, 0) is 80.5 Å². The van der Waals surface area contributed by atoms with E-state index in [1.807, 2.05) is 54.6 Å². The predicted octanol–water partition coefficient (Wildman–Crippen LogP) is 6.06. The fraction of sp³-hybridized carbons (Fsp3) is 0.345. The van der Waals surface area contributed by atoms with Crippen LogP contribution in [0.25, 0.3) is 0 Å². The Bertz CT molecular complexity index is 1280. The molecule has 1 aliphatic carbocycles. The molecule has 1 unspecified atom stereocenters. The van der Waals surface area contributed by atoms with Crippen LogP contribution in [-0.4, -0.2) is 38.0 Å². The lowest BCUT2D eigenvalue weighted by Crippen LogP contribution is -2.25. The van der Waals surface area contributed by atoms with E-state index in [-0.39, 0.29) is 17.4 Å². The molecule has 7 nitrogen and oxygen atoms in total. The van der Waals surface area contributed by atoms with Crippen molar-refractivity contribution in [2.24, 2.45) is 0 Å². The molecule has 1 N–H and O–H groups in total. The van der Waals surface area contributed by atoms with Crippen molar-refractivity contribution >= 4 is 15.8 Å². The van der Waals surface area contributed by atoms with E-state index in [0.29, 0.717) is 23.7 Å². The molecule has 0 heterocycles. The molecule has 3 aromatic rings. The van der Waals surface area contributed by atoms with Gasteiger partial charge >= 0.3 is 5.97 Å². The summed E-state index contributed by atoms with van der Waals surface area (Å²) in [6.45, 7) is 0. The smallest absolute Gasteiger partial charge is 0.304 e. The van der Waals surface area contributed by atoms with Gasteiger partial charge in [0.15, 0.2) is 21.3 Å². The number of aryl methyl sites for hydroxylation is 1. The number of para-hydroxylation sites is 1. The summed E-state index contributed by atoms with van der Waals surface area (Å²) >= 11 is 0. The van der Waals surface area contributed by atoms with Crippen molar-refractivity contribution in [2.75, 3.05) is 7.11 Å². The molecule has 37 heavy (non-hydrogen) atoms. The molecule has 0 bridgehead atoms. The number of ether oxygens (including phenoxy) is 3. The fourth-order valence-electron chi connectivity index (χ4n) is 4.54. The van der Waals surface area contributed by atoms with Crippen LogP contribution in [-0.2, 0) is 21.1 Å². The molecule has 1 atom stereocenters. The Balaban J connectivity index is 1.48. The standard InChI is InChI=1S/C29H32O7S/c1-34-27-18-17-25(19-28(27)36-23-9-5-6-10-23)37(32,33)26(20-29(30)31)16-13-21-11-14-24(15-12-21)35-22-7-3-2-4-8-22/h2-4,7-8,11-12,14-15,17-19,23,26H,5-6,9-10,13,16,20H2,1H3,(H,30,31). The molecule has 0 saturated heterocycles. The minimum Gasteiger partial charge on any atom is -0.493 e. The molecule has 3 aromatic carbocycles. The Labute approximate surface area is 217 Å². The lowest BCUT2D eigenvalue weighted by Gasteiger charge is -2.19. The second-order valence-electron chi connectivity index (χ2n) is 9.20. The number of rotatable bonds is 12. The van der Waals surface area contributed by atoms with Crippen molar-refractivity contribution in [2.45, 2.75) is 61.2 Å². The quantitative estimate of drug-likeness (QED) is 0.307. The third-order valence-electron chi connectivity index (χ3n) is 6.56. The molecular formula is C29H32O7S. The average Bonchev–Trinajstić information content (AvgIpc) is 3.41. The second kappa shape index (κ2) is 12.1. The van der Waals surface area contributed by atoms with E-state index < -0.39 is 27.5 Å². The third kappa shape index (κ3) is 7.04. The number of hydrogen-bond donors (Lipinski definition) is 1. The van der Waals surface area contributed by atoms with Gasteiger partial charge in [-0.1, -0.05) is 30.3 Å². The highest BCUT2D eigenvalue weighted by Gasteiger charge is 2.31. The van der Waals surface area contributed by atoms with Crippen LogP contribution in [0.5, 0.6) is 23.0 Å². The van der Waals surface area contributed by atoms with Crippen LogP contribution in [0.3, 0.4) is 0 Å². The number of aliphatic carboxylic acids is 1. The molecule has 0 radical (unpaired) electrons. The molecule has 8 heteroatoms. The average molecular weight is 525 g/mol. The fourth-order valence-corrected chi connectivity index (χ4v) is 6.25. The summed E-state index contributed by atoms with van der Waals surface area (Å²) in [6.07, 6.45) is 4.09. The largest absolute Gasteiger partial charge is 0.493 e. The van der Waals surface area contributed by atoms with Crippen molar-refractivity contribution in [1.82, 2.24) is 0 Å². The zero-order valence-electron chi connectivity index (χ0n) is 20.8. The molecule has 0 aromatic heterocycles. The van der Waals surface area contributed by atoms with Crippen LogP contribution in [0, 0.1) is 0 Å². The third-order valence-corrected chi connectivity index (χ3v) is 8.75. The molecule has 0 amide bonds. The Kier molecular flexibility index (Phi) is 8.71. The first-order chi connectivity index (χ1) is 17.8. The SMILES string of the molecule is COc1ccc(S(=O)(=O)C(CCc2ccc(Oc3ccccc3)cc2)CC(=O)O)cc1OC1CCCC1. The van der Waals surface area contributed by atoms with Gasteiger partial charge in [0.2, 0.25) is 0 Å². The summed E-state index contributed by atoms with van der Waals surface area (Å²) in [5.41, 5.74) is 0.894. The number of benzene rings is 3.